The van der Waals surface area contributed by atoms with Crippen molar-refractivity contribution in [2.24, 2.45) is 7.05 Å². The molecule has 6 nitrogen and oxygen atoms in total. The summed E-state index contributed by atoms with van der Waals surface area (Å²) in [6, 6.07) is -0.0589. The van der Waals surface area contributed by atoms with Gasteiger partial charge in [0.1, 0.15) is 0 Å². The Kier molecular flexibility index (Phi) is 4.88. The number of amides is 2. The third-order valence-corrected chi connectivity index (χ3v) is 4.39. The molecule has 1 aliphatic heterocycles. The van der Waals surface area contributed by atoms with Crippen LogP contribution in [-0.4, -0.2) is 51.1 Å². The number of hydrogen-bond donors (Lipinski definition) is 2. The van der Waals surface area contributed by atoms with Gasteiger partial charge in [0.05, 0.1) is 18.3 Å². The highest BCUT2D eigenvalue weighted by atomic mass is 16.3. The molecule has 2 heterocycles. The van der Waals surface area contributed by atoms with Gasteiger partial charge in [-0.3, -0.25) is 4.68 Å². The normalized spacial score (nSPS) is 19.9. The largest absolute Gasteiger partial charge is 0.394 e. The number of nitrogens with zero attached hydrogens (tertiary/aromatic N) is 3. The van der Waals surface area contributed by atoms with Crippen molar-refractivity contribution in [1.29, 1.82) is 0 Å². The number of hydrogen-bond acceptors (Lipinski definition) is 3. The van der Waals surface area contributed by atoms with E-state index in [1.807, 2.05) is 32.5 Å². The molecule has 0 bridgehead atoms. The quantitative estimate of drug-likeness (QED) is 0.874. The molecule has 1 aromatic heterocycles. The van der Waals surface area contributed by atoms with Gasteiger partial charge in [-0.25, -0.2) is 4.79 Å². The first-order chi connectivity index (χ1) is 9.93. The Balaban J connectivity index is 1.95. The molecule has 6 heteroatoms. The van der Waals surface area contributed by atoms with Gasteiger partial charge in [-0.2, -0.15) is 5.10 Å². The second kappa shape index (κ2) is 6.47. The number of aromatic nitrogens is 2. The van der Waals surface area contributed by atoms with Gasteiger partial charge in [0, 0.05) is 25.3 Å². The third kappa shape index (κ3) is 3.37. The topological polar surface area (TPSA) is 70.4 Å². The summed E-state index contributed by atoms with van der Waals surface area (Å²) in [5, 5.41) is 16.7. The first-order valence-corrected chi connectivity index (χ1v) is 7.61. The fourth-order valence-electron chi connectivity index (χ4n) is 3.06. The number of carbonyl (C=O) groups is 1. The maximum Gasteiger partial charge on any atom is 0.317 e. The second-order valence-electron chi connectivity index (χ2n) is 6.00. The average molecular weight is 294 g/mol. The van der Waals surface area contributed by atoms with Crippen molar-refractivity contribution in [3.8, 4) is 0 Å². The second-order valence-corrected chi connectivity index (χ2v) is 6.00. The molecule has 1 aliphatic rings. The lowest BCUT2D eigenvalue weighted by Crippen LogP contribution is -2.47. The van der Waals surface area contributed by atoms with Crippen LogP contribution >= 0.6 is 0 Å². The Morgan fingerprint density at radius 3 is 2.81 bits per heavy atom. The number of likely N-dealkylation sites (tertiary alicyclic amines) is 1. The Morgan fingerprint density at radius 2 is 2.24 bits per heavy atom. The van der Waals surface area contributed by atoms with Crippen molar-refractivity contribution in [2.75, 3.05) is 13.2 Å². The fraction of sp³-hybridized carbons (Fsp3) is 0.733. The minimum absolute atomic E-state index is 0.0286. The van der Waals surface area contributed by atoms with E-state index < -0.39 is 0 Å². The average Bonchev–Trinajstić information content (AvgIpc) is 2.99. The zero-order chi connectivity index (χ0) is 15.6. The van der Waals surface area contributed by atoms with Gasteiger partial charge >= 0.3 is 6.03 Å². The molecule has 2 N–H and O–H groups in total. The first-order valence-electron chi connectivity index (χ1n) is 7.61. The van der Waals surface area contributed by atoms with Gasteiger partial charge in [0.25, 0.3) is 0 Å². The molecule has 1 saturated heterocycles. The Morgan fingerprint density at radius 1 is 1.52 bits per heavy atom. The predicted octanol–water partition coefficient (Wildman–Crippen LogP) is 1.13. The van der Waals surface area contributed by atoms with E-state index in [0.29, 0.717) is 0 Å². The van der Waals surface area contributed by atoms with Gasteiger partial charge in [-0.1, -0.05) is 0 Å². The summed E-state index contributed by atoms with van der Waals surface area (Å²) in [7, 11) is 1.94. The van der Waals surface area contributed by atoms with E-state index in [9.17, 15) is 9.90 Å². The van der Waals surface area contributed by atoms with Gasteiger partial charge in [-0.15, -0.1) is 0 Å². The van der Waals surface area contributed by atoms with Gasteiger partial charge in [0.15, 0.2) is 0 Å². The van der Waals surface area contributed by atoms with Crippen LogP contribution in [0.3, 0.4) is 0 Å². The van der Waals surface area contributed by atoms with E-state index in [1.165, 1.54) is 5.56 Å². The maximum atomic E-state index is 12.3. The van der Waals surface area contributed by atoms with Crippen molar-refractivity contribution in [2.45, 2.75) is 52.1 Å². The van der Waals surface area contributed by atoms with Crippen LogP contribution in [0.1, 0.15) is 36.7 Å². The number of aryl methyl sites for hydroxylation is 2. The van der Waals surface area contributed by atoms with E-state index in [4.69, 9.17) is 0 Å². The number of urea groups is 1. The van der Waals surface area contributed by atoms with E-state index >= 15 is 0 Å². The predicted molar refractivity (Wildman–Crippen MR) is 81.2 cm³/mol. The van der Waals surface area contributed by atoms with Crippen LogP contribution in [0.4, 0.5) is 4.79 Å². The lowest BCUT2D eigenvalue weighted by Gasteiger charge is -2.25. The molecular weight excluding hydrogens is 268 g/mol. The zero-order valence-electron chi connectivity index (χ0n) is 13.4. The highest BCUT2D eigenvalue weighted by Crippen LogP contribution is 2.18. The molecule has 1 aromatic rings. The highest BCUT2D eigenvalue weighted by molar-refractivity contribution is 5.75. The molecule has 21 heavy (non-hydrogen) atoms. The molecule has 0 aromatic carbocycles. The van der Waals surface area contributed by atoms with Crippen LogP contribution in [0, 0.1) is 13.8 Å². The lowest BCUT2D eigenvalue weighted by molar-refractivity contribution is 0.155. The van der Waals surface area contributed by atoms with E-state index in [-0.39, 0.29) is 24.7 Å². The van der Waals surface area contributed by atoms with Crippen LogP contribution in [0.5, 0.6) is 0 Å². The summed E-state index contributed by atoms with van der Waals surface area (Å²) in [4.78, 5) is 14.0. The summed E-state index contributed by atoms with van der Waals surface area (Å²) < 4.78 is 1.88. The fourth-order valence-corrected chi connectivity index (χ4v) is 3.06. The van der Waals surface area contributed by atoms with Crippen molar-refractivity contribution >= 4 is 6.03 Å². The van der Waals surface area contributed by atoms with Crippen LogP contribution in [0.25, 0.3) is 0 Å². The van der Waals surface area contributed by atoms with E-state index in [1.54, 1.807) is 4.90 Å². The lowest BCUT2D eigenvalue weighted by atomic mass is 10.1. The Bertz CT molecular complexity index is 512. The first kappa shape index (κ1) is 15.8. The third-order valence-electron chi connectivity index (χ3n) is 4.39. The number of nitrogens with one attached hydrogen (secondary N) is 1. The summed E-state index contributed by atoms with van der Waals surface area (Å²) in [6.45, 7) is 6.83. The molecule has 1 fully saturated rings. The van der Waals surface area contributed by atoms with E-state index in [2.05, 4.69) is 10.4 Å². The van der Waals surface area contributed by atoms with Crippen LogP contribution < -0.4 is 5.32 Å². The van der Waals surface area contributed by atoms with Crippen molar-refractivity contribution < 1.29 is 9.90 Å². The minimum atomic E-state index is -0.0711. The number of carbonyl (C=O) groups excluding carboxylic acids is 1. The number of rotatable bonds is 4. The zero-order valence-corrected chi connectivity index (χ0v) is 13.4. The molecule has 2 amide bonds. The molecule has 0 aliphatic carbocycles. The van der Waals surface area contributed by atoms with Gasteiger partial charge < -0.3 is 15.3 Å². The number of aliphatic hydroxyl groups is 1. The molecule has 1 unspecified atom stereocenters. The molecule has 118 valence electrons. The molecule has 0 saturated carbocycles. The standard InChI is InChI=1S/C15H26N4O2/c1-10(8-14-11(2)17-18(4)12(14)3)16-15(21)19-7-5-6-13(19)9-20/h10,13,20H,5-9H2,1-4H3,(H,16,21)/t10?,13-/m0/s1. The summed E-state index contributed by atoms with van der Waals surface area (Å²) in [5.74, 6) is 0. The molecule has 0 radical (unpaired) electrons. The Hall–Kier alpha value is -1.56. The number of aliphatic hydroxyl groups excluding tert-OH is 1. The van der Waals surface area contributed by atoms with E-state index in [0.717, 1.165) is 37.2 Å². The van der Waals surface area contributed by atoms with Crippen molar-refractivity contribution in [3.63, 3.8) is 0 Å². The monoisotopic (exact) mass is 294 g/mol. The van der Waals surface area contributed by atoms with Gasteiger partial charge in [-0.05, 0) is 45.6 Å². The molecular formula is C15H26N4O2. The van der Waals surface area contributed by atoms with Crippen LogP contribution in [0.15, 0.2) is 0 Å². The Labute approximate surface area is 126 Å². The summed E-state index contributed by atoms with van der Waals surface area (Å²) in [6.07, 6.45) is 2.63. The summed E-state index contributed by atoms with van der Waals surface area (Å²) >= 11 is 0. The molecule has 0 spiro atoms. The van der Waals surface area contributed by atoms with Crippen LogP contribution in [-0.2, 0) is 13.5 Å². The molecule has 2 rings (SSSR count). The van der Waals surface area contributed by atoms with Crippen molar-refractivity contribution in [1.82, 2.24) is 20.0 Å². The van der Waals surface area contributed by atoms with Gasteiger partial charge in [0.2, 0.25) is 0 Å². The molecule has 2 atom stereocenters. The maximum absolute atomic E-state index is 12.3. The SMILES string of the molecule is Cc1nn(C)c(C)c1CC(C)NC(=O)N1CCC[C@H]1CO. The highest BCUT2D eigenvalue weighted by Gasteiger charge is 2.28. The van der Waals surface area contributed by atoms with Crippen molar-refractivity contribution in [3.05, 3.63) is 17.0 Å². The minimum Gasteiger partial charge on any atom is -0.394 e. The smallest absolute Gasteiger partial charge is 0.317 e. The summed E-state index contributed by atoms with van der Waals surface area (Å²) in [5.41, 5.74) is 3.36. The van der Waals surface area contributed by atoms with Crippen LogP contribution in [0.2, 0.25) is 0 Å².